The molecule has 0 radical (unpaired) electrons. The maximum atomic E-state index is 9.40. The number of aliphatic hydroxyl groups is 1. The first kappa shape index (κ1) is 18.9. The van der Waals surface area contributed by atoms with E-state index in [1.165, 1.54) is 57.2 Å². The van der Waals surface area contributed by atoms with E-state index in [4.69, 9.17) is 0 Å². The van der Waals surface area contributed by atoms with Crippen LogP contribution in [-0.2, 0) is 0 Å². The first-order valence-corrected chi connectivity index (χ1v) is 10.4. The van der Waals surface area contributed by atoms with Crippen molar-refractivity contribution in [1.82, 2.24) is 10.2 Å². The number of benzene rings is 1. The lowest BCUT2D eigenvalue weighted by Crippen LogP contribution is -2.48. The molecule has 0 spiro atoms. The second-order valence-electron chi connectivity index (χ2n) is 8.26. The number of rotatable bonds is 7. The molecule has 1 aromatic rings. The van der Waals surface area contributed by atoms with E-state index >= 15 is 0 Å². The summed E-state index contributed by atoms with van der Waals surface area (Å²) >= 11 is 0. The molecule has 3 rings (SSSR count). The standard InChI is InChI=1S/C22H36N2O/c1-18-6-5-9-22(16-18)24-13-10-21(11-14-24)23-17-20(12-15-25)19-7-3-2-4-8-19/h2-4,7-8,18,20-23,25H,5-6,9-17H2,1H3. The highest BCUT2D eigenvalue weighted by molar-refractivity contribution is 5.19. The number of hydrogen-bond acceptors (Lipinski definition) is 3. The fourth-order valence-corrected chi connectivity index (χ4v) is 4.78. The first-order chi connectivity index (χ1) is 12.3. The number of hydrogen-bond donors (Lipinski definition) is 2. The Morgan fingerprint density at radius 3 is 2.56 bits per heavy atom. The molecule has 1 saturated heterocycles. The zero-order valence-electron chi connectivity index (χ0n) is 15.9. The van der Waals surface area contributed by atoms with Crippen LogP contribution in [0, 0.1) is 5.92 Å². The highest BCUT2D eigenvalue weighted by Crippen LogP contribution is 2.29. The third kappa shape index (κ3) is 5.54. The molecule has 1 aromatic carbocycles. The number of piperidine rings is 1. The minimum absolute atomic E-state index is 0.263. The fourth-order valence-electron chi connectivity index (χ4n) is 4.78. The molecule has 0 aromatic heterocycles. The van der Waals surface area contributed by atoms with Crippen LogP contribution in [0.3, 0.4) is 0 Å². The van der Waals surface area contributed by atoms with Crippen molar-refractivity contribution in [2.75, 3.05) is 26.2 Å². The Hall–Kier alpha value is -0.900. The third-order valence-corrected chi connectivity index (χ3v) is 6.36. The van der Waals surface area contributed by atoms with Crippen molar-refractivity contribution in [3.63, 3.8) is 0 Å². The summed E-state index contributed by atoms with van der Waals surface area (Å²) in [5.41, 5.74) is 1.35. The van der Waals surface area contributed by atoms with Crippen LogP contribution in [0.15, 0.2) is 30.3 Å². The molecular formula is C22H36N2O. The Morgan fingerprint density at radius 2 is 1.88 bits per heavy atom. The lowest BCUT2D eigenvalue weighted by molar-refractivity contribution is 0.0999. The van der Waals surface area contributed by atoms with Crippen LogP contribution in [0.1, 0.15) is 63.4 Å². The lowest BCUT2D eigenvalue weighted by Gasteiger charge is -2.41. The summed E-state index contributed by atoms with van der Waals surface area (Å²) in [6.45, 7) is 6.18. The Labute approximate surface area is 153 Å². The average Bonchev–Trinajstić information content (AvgIpc) is 2.66. The third-order valence-electron chi connectivity index (χ3n) is 6.36. The summed E-state index contributed by atoms with van der Waals surface area (Å²) in [5.74, 6) is 1.34. The SMILES string of the molecule is CC1CCCC(N2CCC(NCC(CCO)c3ccccc3)CC2)C1. The first-order valence-electron chi connectivity index (χ1n) is 10.4. The maximum absolute atomic E-state index is 9.40. The Morgan fingerprint density at radius 1 is 1.12 bits per heavy atom. The number of aliphatic hydroxyl groups excluding tert-OH is 1. The van der Waals surface area contributed by atoms with E-state index in [2.05, 4.69) is 47.5 Å². The van der Waals surface area contributed by atoms with Gasteiger partial charge in [0.2, 0.25) is 0 Å². The van der Waals surface area contributed by atoms with Gasteiger partial charge in [-0.25, -0.2) is 0 Å². The summed E-state index contributed by atoms with van der Waals surface area (Å²) in [6, 6.07) is 12.1. The van der Waals surface area contributed by atoms with Crippen molar-refractivity contribution in [2.24, 2.45) is 5.92 Å². The summed E-state index contributed by atoms with van der Waals surface area (Å²) in [6.07, 6.45) is 9.05. The van der Waals surface area contributed by atoms with Crippen molar-refractivity contribution in [3.8, 4) is 0 Å². The molecular weight excluding hydrogens is 308 g/mol. The zero-order valence-corrected chi connectivity index (χ0v) is 15.9. The minimum Gasteiger partial charge on any atom is -0.396 e. The van der Waals surface area contributed by atoms with Gasteiger partial charge >= 0.3 is 0 Å². The molecule has 3 atom stereocenters. The number of nitrogens with zero attached hydrogens (tertiary/aromatic N) is 1. The summed E-state index contributed by atoms with van der Waals surface area (Å²) in [5, 5.41) is 13.2. The average molecular weight is 345 g/mol. The van der Waals surface area contributed by atoms with Gasteiger partial charge in [0.05, 0.1) is 0 Å². The Balaban J connectivity index is 1.43. The maximum Gasteiger partial charge on any atom is 0.0437 e. The molecule has 140 valence electrons. The predicted octanol–water partition coefficient (Wildman–Crippen LogP) is 3.79. The molecule has 2 N–H and O–H groups in total. The number of likely N-dealkylation sites (tertiary alicyclic amines) is 1. The van der Waals surface area contributed by atoms with Crippen molar-refractivity contribution in [2.45, 2.75) is 69.9 Å². The smallest absolute Gasteiger partial charge is 0.0437 e. The molecule has 3 nitrogen and oxygen atoms in total. The van der Waals surface area contributed by atoms with Gasteiger partial charge in [0, 0.05) is 25.2 Å². The predicted molar refractivity (Wildman–Crippen MR) is 105 cm³/mol. The van der Waals surface area contributed by atoms with Crippen molar-refractivity contribution < 1.29 is 5.11 Å². The van der Waals surface area contributed by atoms with E-state index in [1.54, 1.807) is 0 Å². The summed E-state index contributed by atoms with van der Waals surface area (Å²) < 4.78 is 0. The van der Waals surface area contributed by atoms with E-state index in [9.17, 15) is 5.11 Å². The van der Waals surface area contributed by atoms with Crippen molar-refractivity contribution in [1.29, 1.82) is 0 Å². The van der Waals surface area contributed by atoms with Crippen LogP contribution >= 0.6 is 0 Å². The number of nitrogens with one attached hydrogen (secondary N) is 1. The van der Waals surface area contributed by atoms with Gasteiger partial charge in [-0.3, -0.25) is 0 Å². The van der Waals surface area contributed by atoms with Crippen LogP contribution < -0.4 is 5.32 Å². The second kappa shape index (κ2) is 9.70. The minimum atomic E-state index is 0.263. The molecule has 25 heavy (non-hydrogen) atoms. The Bertz CT molecular complexity index is 484. The van der Waals surface area contributed by atoms with E-state index in [1.807, 2.05) is 0 Å². The quantitative estimate of drug-likeness (QED) is 0.790. The molecule has 3 heteroatoms. The van der Waals surface area contributed by atoms with Gasteiger partial charge in [0.1, 0.15) is 0 Å². The van der Waals surface area contributed by atoms with Crippen molar-refractivity contribution >= 4 is 0 Å². The van der Waals surface area contributed by atoms with E-state index in [0.717, 1.165) is 24.9 Å². The van der Waals surface area contributed by atoms with Gasteiger partial charge in [0.25, 0.3) is 0 Å². The molecule has 2 aliphatic rings. The molecule has 2 fully saturated rings. The summed E-state index contributed by atoms with van der Waals surface area (Å²) in [4.78, 5) is 2.76. The van der Waals surface area contributed by atoms with E-state index in [0.29, 0.717) is 12.0 Å². The highest BCUT2D eigenvalue weighted by atomic mass is 16.3. The van der Waals surface area contributed by atoms with Crippen LogP contribution in [0.4, 0.5) is 0 Å². The van der Waals surface area contributed by atoms with Crippen LogP contribution in [0.2, 0.25) is 0 Å². The monoisotopic (exact) mass is 344 g/mol. The topological polar surface area (TPSA) is 35.5 Å². The van der Waals surface area contributed by atoms with Gasteiger partial charge in [0.15, 0.2) is 0 Å². The molecule has 0 amide bonds. The van der Waals surface area contributed by atoms with Crippen molar-refractivity contribution in [3.05, 3.63) is 35.9 Å². The molecule has 1 saturated carbocycles. The lowest BCUT2D eigenvalue weighted by atomic mass is 9.85. The van der Waals surface area contributed by atoms with Gasteiger partial charge in [-0.2, -0.15) is 0 Å². The van der Waals surface area contributed by atoms with Gasteiger partial charge in [-0.1, -0.05) is 50.1 Å². The second-order valence-corrected chi connectivity index (χ2v) is 8.26. The fraction of sp³-hybridized carbons (Fsp3) is 0.727. The van der Waals surface area contributed by atoms with Gasteiger partial charge in [-0.05, 0) is 62.6 Å². The molecule has 0 bridgehead atoms. The van der Waals surface area contributed by atoms with Gasteiger partial charge < -0.3 is 15.3 Å². The van der Waals surface area contributed by atoms with Crippen LogP contribution in [-0.4, -0.2) is 48.3 Å². The highest BCUT2D eigenvalue weighted by Gasteiger charge is 2.28. The normalized spacial score (nSPS) is 27.3. The largest absolute Gasteiger partial charge is 0.396 e. The molecule has 1 heterocycles. The van der Waals surface area contributed by atoms with Crippen LogP contribution in [0.5, 0.6) is 0 Å². The molecule has 1 aliphatic heterocycles. The van der Waals surface area contributed by atoms with Gasteiger partial charge in [-0.15, -0.1) is 0 Å². The molecule has 1 aliphatic carbocycles. The Kier molecular flexibility index (Phi) is 7.33. The summed E-state index contributed by atoms with van der Waals surface area (Å²) in [7, 11) is 0. The zero-order chi connectivity index (χ0) is 17.5. The van der Waals surface area contributed by atoms with E-state index in [-0.39, 0.29) is 6.61 Å². The van der Waals surface area contributed by atoms with Crippen LogP contribution in [0.25, 0.3) is 0 Å². The van der Waals surface area contributed by atoms with E-state index < -0.39 is 0 Å². The molecule has 3 unspecified atom stereocenters.